The van der Waals surface area contributed by atoms with Crippen LogP contribution in [0.25, 0.3) is 0 Å². The largest absolute Gasteiger partial charge is 0.368 e. The summed E-state index contributed by atoms with van der Waals surface area (Å²) in [5.41, 5.74) is 6.01. The predicted molar refractivity (Wildman–Crippen MR) is 80.2 cm³/mol. The molecular formula is C16H32N2O. The number of ether oxygens (including phenoxy) is 1. The van der Waals surface area contributed by atoms with Gasteiger partial charge in [-0.1, -0.05) is 13.8 Å². The molecule has 0 spiro atoms. The lowest BCUT2D eigenvalue weighted by Crippen LogP contribution is -2.62. The summed E-state index contributed by atoms with van der Waals surface area (Å²) in [6.45, 7) is 16.5. The van der Waals surface area contributed by atoms with Gasteiger partial charge in [0.1, 0.15) is 0 Å². The summed E-state index contributed by atoms with van der Waals surface area (Å²) in [6, 6.07) is 0. The van der Waals surface area contributed by atoms with Gasteiger partial charge in [0.05, 0.1) is 16.7 Å². The molecule has 0 amide bonds. The highest BCUT2D eigenvalue weighted by atomic mass is 16.5. The first-order valence-corrected chi connectivity index (χ1v) is 7.79. The van der Waals surface area contributed by atoms with E-state index < -0.39 is 0 Å². The van der Waals surface area contributed by atoms with Crippen molar-refractivity contribution in [3.05, 3.63) is 0 Å². The molecule has 3 heteroatoms. The van der Waals surface area contributed by atoms with Crippen molar-refractivity contribution in [3.8, 4) is 0 Å². The summed E-state index contributed by atoms with van der Waals surface area (Å²) in [6.07, 6.45) is 2.34. The first-order valence-electron chi connectivity index (χ1n) is 7.79. The van der Waals surface area contributed by atoms with E-state index in [9.17, 15) is 0 Å². The molecule has 2 fully saturated rings. The Bertz CT molecular complexity index is 338. The van der Waals surface area contributed by atoms with Gasteiger partial charge in [0, 0.05) is 13.1 Å². The first-order chi connectivity index (χ1) is 8.63. The lowest BCUT2D eigenvalue weighted by atomic mass is 9.77. The van der Waals surface area contributed by atoms with E-state index in [1.807, 2.05) is 0 Å². The molecule has 2 atom stereocenters. The molecule has 2 aliphatic heterocycles. The second-order valence-corrected chi connectivity index (χ2v) is 8.02. The van der Waals surface area contributed by atoms with Crippen LogP contribution in [0.4, 0.5) is 0 Å². The van der Waals surface area contributed by atoms with Gasteiger partial charge in [-0.25, -0.2) is 0 Å². The molecule has 2 aliphatic rings. The maximum absolute atomic E-state index is 6.33. The van der Waals surface area contributed by atoms with E-state index >= 15 is 0 Å². The van der Waals surface area contributed by atoms with Crippen LogP contribution in [0.1, 0.15) is 54.4 Å². The topological polar surface area (TPSA) is 38.5 Å². The third-order valence-electron chi connectivity index (χ3n) is 5.48. The number of nitrogens with zero attached hydrogens (tertiary/aromatic N) is 1. The normalized spacial score (nSPS) is 38.2. The van der Waals surface area contributed by atoms with Crippen LogP contribution in [0.2, 0.25) is 0 Å². The van der Waals surface area contributed by atoms with Crippen molar-refractivity contribution in [2.45, 2.75) is 71.1 Å². The molecule has 0 aromatic heterocycles. The predicted octanol–water partition coefficient (Wildman–Crippen LogP) is 2.64. The van der Waals surface area contributed by atoms with Crippen molar-refractivity contribution in [2.24, 2.45) is 17.6 Å². The summed E-state index contributed by atoms with van der Waals surface area (Å²) in [4.78, 5) is 2.63. The van der Waals surface area contributed by atoms with Gasteiger partial charge in [0.15, 0.2) is 0 Å². The number of nitrogens with two attached hydrogens (primary N) is 1. The van der Waals surface area contributed by atoms with Crippen molar-refractivity contribution in [1.29, 1.82) is 0 Å². The van der Waals surface area contributed by atoms with Crippen LogP contribution in [0.3, 0.4) is 0 Å². The van der Waals surface area contributed by atoms with Crippen molar-refractivity contribution < 1.29 is 4.74 Å². The Hall–Kier alpha value is -0.120. The van der Waals surface area contributed by atoms with Gasteiger partial charge in [0.25, 0.3) is 0 Å². The fraction of sp³-hybridized carbons (Fsp3) is 1.00. The van der Waals surface area contributed by atoms with Gasteiger partial charge in [0.2, 0.25) is 0 Å². The van der Waals surface area contributed by atoms with E-state index in [2.05, 4.69) is 46.4 Å². The molecule has 0 radical (unpaired) electrons. The quantitative estimate of drug-likeness (QED) is 0.855. The van der Waals surface area contributed by atoms with E-state index in [4.69, 9.17) is 10.5 Å². The van der Waals surface area contributed by atoms with Crippen molar-refractivity contribution in [2.75, 3.05) is 19.6 Å². The van der Waals surface area contributed by atoms with Crippen molar-refractivity contribution >= 4 is 0 Å². The molecule has 0 saturated carbocycles. The van der Waals surface area contributed by atoms with E-state index in [1.54, 1.807) is 0 Å². The number of rotatable bonds is 3. The molecule has 2 heterocycles. The summed E-state index contributed by atoms with van der Waals surface area (Å²) < 4.78 is 6.33. The van der Waals surface area contributed by atoms with Crippen LogP contribution >= 0.6 is 0 Å². The smallest absolute Gasteiger partial charge is 0.0830 e. The third-order valence-corrected chi connectivity index (χ3v) is 5.48. The molecule has 0 aromatic rings. The summed E-state index contributed by atoms with van der Waals surface area (Å²) >= 11 is 0. The van der Waals surface area contributed by atoms with Crippen LogP contribution in [0, 0.1) is 11.8 Å². The fourth-order valence-electron chi connectivity index (χ4n) is 4.40. The van der Waals surface area contributed by atoms with Gasteiger partial charge >= 0.3 is 0 Å². The second-order valence-electron chi connectivity index (χ2n) is 8.02. The zero-order chi connectivity index (χ0) is 14.5. The number of likely N-dealkylation sites (tertiary alicyclic amines) is 1. The molecule has 2 saturated heterocycles. The van der Waals surface area contributed by atoms with E-state index in [1.165, 1.54) is 19.5 Å². The Kier molecular flexibility index (Phi) is 3.79. The Morgan fingerprint density at radius 2 is 1.89 bits per heavy atom. The Morgan fingerprint density at radius 3 is 2.26 bits per heavy atom. The Balaban J connectivity index is 2.24. The molecule has 19 heavy (non-hydrogen) atoms. The van der Waals surface area contributed by atoms with Gasteiger partial charge in [-0.2, -0.15) is 0 Å². The zero-order valence-corrected chi connectivity index (χ0v) is 13.6. The minimum Gasteiger partial charge on any atom is -0.368 e. The summed E-state index contributed by atoms with van der Waals surface area (Å²) in [5, 5.41) is 0. The maximum Gasteiger partial charge on any atom is 0.0830 e. The highest BCUT2D eigenvalue weighted by Crippen LogP contribution is 2.49. The van der Waals surface area contributed by atoms with Crippen LogP contribution < -0.4 is 5.73 Å². The van der Waals surface area contributed by atoms with Crippen molar-refractivity contribution in [1.82, 2.24) is 4.90 Å². The fourth-order valence-corrected chi connectivity index (χ4v) is 4.40. The summed E-state index contributed by atoms with van der Waals surface area (Å²) in [5.74, 6) is 1.57. The van der Waals surface area contributed by atoms with E-state index in [-0.39, 0.29) is 16.7 Å². The first kappa shape index (κ1) is 15.3. The molecule has 2 rings (SSSR count). The van der Waals surface area contributed by atoms with Crippen LogP contribution in [-0.4, -0.2) is 41.3 Å². The van der Waals surface area contributed by atoms with Gasteiger partial charge in [-0.15, -0.1) is 0 Å². The highest BCUT2D eigenvalue weighted by molar-refractivity contribution is 5.14. The monoisotopic (exact) mass is 268 g/mol. The van der Waals surface area contributed by atoms with Crippen LogP contribution in [0.5, 0.6) is 0 Å². The number of hydrogen-bond acceptors (Lipinski definition) is 3. The average Bonchev–Trinajstić information content (AvgIpc) is 2.79. The van der Waals surface area contributed by atoms with E-state index in [0.29, 0.717) is 6.54 Å². The third kappa shape index (κ3) is 2.45. The van der Waals surface area contributed by atoms with Gasteiger partial charge in [-0.05, 0) is 58.9 Å². The minimum atomic E-state index is -0.170. The standard InChI is InChI=1S/C16H32N2O/c1-12(2)13-7-8-18(9-13)16(11-17)10-14(3,4)19-15(16,5)6/h12-13H,7-11,17H2,1-6H3. The molecule has 2 N–H and O–H groups in total. The van der Waals surface area contributed by atoms with Crippen LogP contribution in [0.15, 0.2) is 0 Å². The zero-order valence-electron chi connectivity index (χ0n) is 13.6. The van der Waals surface area contributed by atoms with Gasteiger partial charge in [-0.3, -0.25) is 4.90 Å². The van der Waals surface area contributed by atoms with E-state index in [0.717, 1.165) is 18.3 Å². The second kappa shape index (κ2) is 4.71. The molecule has 3 nitrogen and oxygen atoms in total. The van der Waals surface area contributed by atoms with Crippen molar-refractivity contribution in [3.63, 3.8) is 0 Å². The van der Waals surface area contributed by atoms with Crippen LogP contribution in [-0.2, 0) is 4.74 Å². The maximum atomic E-state index is 6.33. The number of hydrogen-bond donors (Lipinski definition) is 1. The molecule has 0 bridgehead atoms. The highest BCUT2D eigenvalue weighted by Gasteiger charge is 2.60. The molecule has 112 valence electrons. The SMILES string of the molecule is CC(C)C1CCN(C2(CN)CC(C)(C)OC2(C)C)C1. The van der Waals surface area contributed by atoms with Gasteiger partial charge < -0.3 is 10.5 Å². The Labute approximate surface area is 118 Å². The molecule has 0 aliphatic carbocycles. The lowest BCUT2D eigenvalue weighted by molar-refractivity contribution is -0.101. The average molecular weight is 268 g/mol. The molecule has 0 aromatic carbocycles. The lowest BCUT2D eigenvalue weighted by Gasteiger charge is -2.46. The molecule has 2 unspecified atom stereocenters. The Morgan fingerprint density at radius 1 is 1.26 bits per heavy atom. The summed E-state index contributed by atoms with van der Waals surface area (Å²) in [7, 11) is 0. The molecular weight excluding hydrogens is 236 g/mol. The minimum absolute atomic E-state index is 0.000139.